The summed E-state index contributed by atoms with van der Waals surface area (Å²) in [6.07, 6.45) is 0.895. The lowest BCUT2D eigenvalue weighted by Gasteiger charge is -2.20. The van der Waals surface area contributed by atoms with Crippen molar-refractivity contribution in [2.45, 2.75) is 13.3 Å². The first-order chi connectivity index (χ1) is 6.08. The lowest BCUT2D eigenvalue weighted by molar-refractivity contribution is -0.126. The van der Waals surface area contributed by atoms with E-state index in [1.54, 1.807) is 0 Å². The fraction of sp³-hybridized carbons (Fsp3) is 0.889. The van der Waals surface area contributed by atoms with Gasteiger partial charge in [-0.3, -0.25) is 4.79 Å². The molecule has 0 aromatic carbocycles. The Morgan fingerprint density at radius 2 is 2.38 bits per heavy atom. The fourth-order valence-electron chi connectivity index (χ4n) is 1.72. The molecule has 0 aromatic rings. The van der Waals surface area contributed by atoms with E-state index in [1.165, 1.54) is 0 Å². The van der Waals surface area contributed by atoms with Crippen LogP contribution in [0.4, 0.5) is 0 Å². The molecule has 0 bridgehead atoms. The normalized spacial score (nSPS) is 29.4. The van der Waals surface area contributed by atoms with Gasteiger partial charge in [0.1, 0.15) is 0 Å². The highest BCUT2D eigenvalue weighted by molar-refractivity contribution is 5.81. The highest BCUT2D eigenvalue weighted by Crippen LogP contribution is 2.28. The molecule has 0 radical (unpaired) electrons. The first kappa shape index (κ1) is 10.5. The van der Waals surface area contributed by atoms with Crippen molar-refractivity contribution < 1.29 is 4.79 Å². The summed E-state index contributed by atoms with van der Waals surface area (Å²) in [5.41, 5.74) is 5.04. The van der Waals surface area contributed by atoms with E-state index < -0.39 is 0 Å². The zero-order chi connectivity index (χ0) is 9.90. The molecule has 4 nitrogen and oxygen atoms in total. The smallest absolute Gasteiger partial charge is 0.224 e. The Labute approximate surface area is 79.5 Å². The number of hydrogen-bond donors (Lipinski definition) is 2. The predicted molar refractivity (Wildman–Crippen MR) is 52.3 cm³/mol. The molecular formula is C9H19N3O. The summed E-state index contributed by atoms with van der Waals surface area (Å²) in [5.74, 6) is -0.167. The number of nitrogens with zero attached hydrogens (tertiary/aromatic N) is 1. The molecule has 0 spiro atoms. The molecule has 4 heteroatoms. The van der Waals surface area contributed by atoms with Crippen molar-refractivity contribution in [2.75, 3.05) is 33.2 Å². The van der Waals surface area contributed by atoms with Gasteiger partial charge >= 0.3 is 0 Å². The third-order valence-electron chi connectivity index (χ3n) is 2.83. The number of carbonyl (C=O) groups excluding carboxylic acids is 1. The van der Waals surface area contributed by atoms with E-state index in [-0.39, 0.29) is 11.3 Å². The first-order valence-corrected chi connectivity index (χ1v) is 4.75. The lowest BCUT2D eigenvalue weighted by Crippen LogP contribution is -2.38. The number of likely N-dealkylation sites (N-methyl/N-ethyl adjacent to an activating group) is 1. The third kappa shape index (κ3) is 2.42. The van der Waals surface area contributed by atoms with Crippen LogP contribution in [0, 0.1) is 5.41 Å². The summed E-state index contributed by atoms with van der Waals surface area (Å²) >= 11 is 0. The van der Waals surface area contributed by atoms with Crippen molar-refractivity contribution in [1.82, 2.24) is 10.2 Å². The molecular weight excluding hydrogens is 166 g/mol. The maximum atomic E-state index is 11.1. The van der Waals surface area contributed by atoms with E-state index in [0.717, 1.165) is 32.6 Å². The van der Waals surface area contributed by atoms with Gasteiger partial charge in [-0.1, -0.05) is 0 Å². The van der Waals surface area contributed by atoms with E-state index in [1.807, 2.05) is 14.0 Å². The number of rotatable bonds is 4. The number of hydrogen-bond acceptors (Lipinski definition) is 3. The Morgan fingerprint density at radius 1 is 1.69 bits per heavy atom. The Hall–Kier alpha value is -0.610. The van der Waals surface area contributed by atoms with Crippen LogP contribution in [0.2, 0.25) is 0 Å². The van der Waals surface area contributed by atoms with Crippen molar-refractivity contribution in [2.24, 2.45) is 11.1 Å². The largest absolute Gasteiger partial charge is 0.369 e. The van der Waals surface area contributed by atoms with E-state index in [9.17, 15) is 4.79 Å². The summed E-state index contributed by atoms with van der Waals surface area (Å²) in [6, 6.07) is 0. The summed E-state index contributed by atoms with van der Waals surface area (Å²) in [4.78, 5) is 13.4. The zero-order valence-corrected chi connectivity index (χ0v) is 8.47. The summed E-state index contributed by atoms with van der Waals surface area (Å²) < 4.78 is 0. The molecule has 1 saturated heterocycles. The average molecular weight is 185 g/mol. The average Bonchev–Trinajstić information content (AvgIpc) is 2.45. The van der Waals surface area contributed by atoms with Crippen LogP contribution >= 0.6 is 0 Å². The Morgan fingerprint density at radius 3 is 2.85 bits per heavy atom. The second kappa shape index (κ2) is 4.07. The van der Waals surface area contributed by atoms with Crippen LogP contribution in [-0.2, 0) is 4.79 Å². The molecule has 13 heavy (non-hydrogen) atoms. The first-order valence-electron chi connectivity index (χ1n) is 4.75. The number of likely N-dealkylation sites (tertiary alicyclic amines) is 1. The second-order valence-electron chi connectivity index (χ2n) is 4.05. The topological polar surface area (TPSA) is 58.4 Å². The Kier molecular flexibility index (Phi) is 3.27. The highest BCUT2D eigenvalue weighted by Gasteiger charge is 2.38. The molecule has 3 N–H and O–H groups in total. The standard InChI is InChI=1S/C9H19N3O/c1-9(8(10)13)3-5-12(7-9)6-4-11-2/h11H,3-7H2,1-2H3,(H2,10,13). The van der Waals surface area contributed by atoms with Gasteiger partial charge in [0.05, 0.1) is 5.41 Å². The van der Waals surface area contributed by atoms with Crippen molar-refractivity contribution in [3.63, 3.8) is 0 Å². The number of amides is 1. The van der Waals surface area contributed by atoms with Gasteiger partial charge in [0.25, 0.3) is 0 Å². The van der Waals surface area contributed by atoms with Crippen LogP contribution in [0.1, 0.15) is 13.3 Å². The molecule has 1 aliphatic heterocycles. The second-order valence-corrected chi connectivity index (χ2v) is 4.05. The molecule has 1 heterocycles. The van der Waals surface area contributed by atoms with Crippen molar-refractivity contribution in [3.05, 3.63) is 0 Å². The van der Waals surface area contributed by atoms with Gasteiger partial charge in [0.2, 0.25) is 5.91 Å². The van der Waals surface area contributed by atoms with Crippen LogP contribution in [-0.4, -0.2) is 44.0 Å². The molecule has 1 fully saturated rings. The predicted octanol–water partition coefficient (Wildman–Crippen LogP) is -0.597. The molecule has 0 aromatic heterocycles. The van der Waals surface area contributed by atoms with Crippen molar-refractivity contribution >= 4 is 5.91 Å². The van der Waals surface area contributed by atoms with E-state index in [4.69, 9.17) is 5.73 Å². The van der Waals surface area contributed by atoms with E-state index in [0.29, 0.717) is 0 Å². The maximum absolute atomic E-state index is 11.1. The van der Waals surface area contributed by atoms with Crippen molar-refractivity contribution in [3.8, 4) is 0 Å². The molecule has 1 unspecified atom stereocenters. The molecule has 76 valence electrons. The van der Waals surface area contributed by atoms with Gasteiger partial charge < -0.3 is 16.0 Å². The van der Waals surface area contributed by atoms with Gasteiger partial charge in [-0.25, -0.2) is 0 Å². The van der Waals surface area contributed by atoms with Crippen LogP contribution < -0.4 is 11.1 Å². The van der Waals surface area contributed by atoms with Crippen LogP contribution in [0.3, 0.4) is 0 Å². The zero-order valence-electron chi connectivity index (χ0n) is 8.47. The SMILES string of the molecule is CNCCN1CCC(C)(C(N)=O)C1. The van der Waals surface area contributed by atoms with Gasteiger partial charge in [0.15, 0.2) is 0 Å². The number of primary amides is 1. The van der Waals surface area contributed by atoms with Crippen LogP contribution in [0.15, 0.2) is 0 Å². The monoisotopic (exact) mass is 185 g/mol. The third-order valence-corrected chi connectivity index (χ3v) is 2.83. The summed E-state index contributed by atoms with van der Waals surface area (Å²) in [5, 5.41) is 3.09. The molecule has 1 aliphatic rings. The van der Waals surface area contributed by atoms with Crippen molar-refractivity contribution in [1.29, 1.82) is 0 Å². The molecule has 1 atom stereocenters. The molecule has 0 aliphatic carbocycles. The van der Waals surface area contributed by atoms with Crippen LogP contribution in [0.5, 0.6) is 0 Å². The minimum absolute atomic E-state index is 0.167. The Balaban J connectivity index is 2.39. The number of nitrogens with two attached hydrogens (primary N) is 1. The molecule has 0 saturated carbocycles. The van der Waals surface area contributed by atoms with Gasteiger partial charge in [-0.2, -0.15) is 0 Å². The minimum Gasteiger partial charge on any atom is -0.369 e. The highest BCUT2D eigenvalue weighted by atomic mass is 16.1. The maximum Gasteiger partial charge on any atom is 0.224 e. The van der Waals surface area contributed by atoms with E-state index in [2.05, 4.69) is 10.2 Å². The van der Waals surface area contributed by atoms with Gasteiger partial charge in [-0.05, 0) is 26.9 Å². The molecule has 1 amide bonds. The number of nitrogens with one attached hydrogen (secondary N) is 1. The van der Waals surface area contributed by atoms with E-state index >= 15 is 0 Å². The van der Waals surface area contributed by atoms with Gasteiger partial charge in [0, 0.05) is 19.6 Å². The summed E-state index contributed by atoms with van der Waals surface area (Å²) in [6.45, 7) is 5.72. The van der Waals surface area contributed by atoms with Gasteiger partial charge in [-0.15, -0.1) is 0 Å². The lowest BCUT2D eigenvalue weighted by atomic mass is 9.89. The molecule has 1 rings (SSSR count). The number of carbonyl (C=O) groups is 1. The fourth-order valence-corrected chi connectivity index (χ4v) is 1.72. The quantitative estimate of drug-likeness (QED) is 0.615. The van der Waals surface area contributed by atoms with Crippen LogP contribution in [0.25, 0.3) is 0 Å². The summed E-state index contributed by atoms with van der Waals surface area (Å²) in [7, 11) is 1.93. The Bertz CT molecular complexity index is 195. The minimum atomic E-state index is -0.298.